The van der Waals surface area contributed by atoms with Gasteiger partial charge in [-0.2, -0.15) is 0 Å². The third-order valence-electron chi connectivity index (χ3n) is 4.23. The maximum Gasteiger partial charge on any atom is 0.235 e. The second-order valence-electron chi connectivity index (χ2n) is 6.06. The van der Waals surface area contributed by atoms with Crippen molar-refractivity contribution in [2.75, 3.05) is 12.3 Å². The molecule has 5 nitrogen and oxygen atoms in total. The van der Waals surface area contributed by atoms with Crippen molar-refractivity contribution in [3.05, 3.63) is 35.4 Å². The standard InChI is InChI=1S/C16H24N2O3S/c1-4-22(20,21)17-10-16(19)18-15-9-14(11(2)3)12-7-5-6-8-13(12)15/h5-8,11,14-15,17H,4,9-10H2,1-3H3,(H,18,19)/t14-,15-/m1/s1. The summed E-state index contributed by atoms with van der Waals surface area (Å²) in [5.74, 6) is 0.610. The first-order chi connectivity index (χ1) is 10.3. The van der Waals surface area contributed by atoms with Gasteiger partial charge in [0, 0.05) is 0 Å². The molecule has 1 aliphatic carbocycles. The van der Waals surface area contributed by atoms with E-state index in [9.17, 15) is 13.2 Å². The Morgan fingerprint density at radius 2 is 1.91 bits per heavy atom. The number of carbonyl (C=O) groups is 1. The lowest BCUT2D eigenvalue weighted by Gasteiger charge is -2.17. The van der Waals surface area contributed by atoms with E-state index >= 15 is 0 Å². The van der Waals surface area contributed by atoms with Crippen LogP contribution in [-0.2, 0) is 14.8 Å². The van der Waals surface area contributed by atoms with E-state index in [0.717, 1.165) is 12.0 Å². The van der Waals surface area contributed by atoms with E-state index in [-0.39, 0.29) is 24.2 Å². The molecule has 1 aliphatic rings. The van der Waals surface area contributed by atoms with E-state index in [1.165, 1.54) is 5.56 Å². The molecule has 6 heteroatoms. The van der Waals surface area contributed by atoms with Crippen molar-refractivity contribution in [2.24, 2.45) is 5.92 Å². The lowest BCUT2D eigenvalue weighted by molar-refractivity contribution is -0.120. The second-order valence-corrected chi connectivity index (χ2v) is 8.16. The molecule has 0 unspecified atom stereocenters. The van der Waals surface area contributed by atoms with Crippen molar-refractivity contribution < 1.29 is 13.2 Å². The van der Waals surface area contributed by atoms with E-state index in [1.54, 1.807) is 6.92 Å². The lowest BCUT2D eigenvalue weighted by atomic mass is 9.90. The summed E-state index contributed by atoms with van der Waals surface area (Å²) in [5.41, 5.74) is 2.44. The van der Waals surface area contributed by atoms with Gasteiger partial charge in [-0.3, -0.25) is 4.79 Å². The Balaban J connectivity index is 2.04. The molecule has 2 N–H and O–H groups in total. The summed E-state index contributed by atoms with van der Waals surface area (Å²) in [6, 6.07) is 8.11. The fourth-order valence-electron chi connectivity index (χ4n) is 2.96. The highest BCUT2D eigenvalue weighted by atomic mass is 32.2. The number of benzene rings is 1. The van der Waals surface area contributed by atoms with Gasteiger partial charge in [0.25, 0.3) is 0 Å². The van der Waals surface area contributed by atoms with Crippen molar-refractivity contribution in [1.82, 2.24) is 10.0 Å². The van der Waals surface area contributed by atoms with Gasteiger partial charge in [0.05, 0.1) is 18.3 Å². The van der Waals surface area contributed by atoms with Gasteiger partial charge in [0.15, 0.2) is 0 Å². The predicted molar refractivity (Wildman–Crippen MR) is 87.0 cm³/mol. The van der Waals surface area contributed by atoms with Crippen molar-refractivity contribution in [3.8, 4) is 0 Å². The van der Waals surface area contributed by atoms with E-state index in [1.807, 2.05) is 18.2 Å². The summed E-state index contributed by atoms with van der Waals surface area (Å²) in [4.78, 5) is 12.0. The van der Waals surface area contributed by atoms with Gasteiger partial charge in [-0.25, -0.2) is 13.1 Å². The van der Waals surface area contributed by atoms with E-state index in [2.05, 4.69) is 30.0 Å². The molecule has 2 rings (SSSR count). The van der Waals surface area contributed by atoms with Gasteiger partial charge in [0.1, 0.15) is 0 Å². The summed E-state index contributed by atoms with van der Waals surface area (Å²) < 4.78 is 25.1. The van der Waals surface area contributed by atoms with Crippen LogP contribution in [0.2, 0.25) is 0 Å². The lowest BCUT2D eigenvalue weighted by Crippen LogP contribution is -2.38. The Morgan fingerprint density at radius 1 is 1.27 bits per heavy atom. The Morgan fingerprint density at radius 3 is 2.50 bits per heavy atom. The number of amides is 1. The minimum absolute atomic E-state index is 0.0258. The van der Waals surface area contributed by atoms with Crippen LogP contribution in [0.4, 0.5) is 0 Å². The highest BCUT2D eigenvalue weighted by Gasteiger charge is 2.33. The molecule has 122 valence electrons. The normalized spacial score (nSPS) is 20.9. The van der Waals surface area contributed by atoms with Crippen molar-refractivity contribution in [3.63, 3.8) is 0 Å². The number of nitrogens with one attached hydrogen (secondary N) is 2. The molecule has 0 spiro atoms. The number of sulfonamides is 1. The van der Waals surface area contributed by atoms with Crippen LogP contribution in [0.5, 0.6) is 0 Å². The molecule has 1 aromatic carbocycles. The summed E-state index contributed by atoms with van der Waals surface area (Å²) in [7, 11) is -3.34. The minimum Gasteiger partial charge on any atom is -0.348 e. The Bertz CT molecular complexity index is 641. The number of fused-ring (bicyclic) bond motifs is 1. The van der Waals surface area contributed by atoms with Crippen molar-refractivity contribution >= 4 is 15.9 Å². The topological polar surface area (TPSA) is 75.3 Å². The smallest absolute Gasteiger partial charge is 0.235 e. The largest absolute Gasteiger partial charge is 0.348 e. The summed E-state index contributed by atoms with van der Waals surface area (Å²) in [6.45, 7) is 5.70. The zero-order valence-corrected chi connectivity index (χ0v) is 14.1. The van der Waals surface area contributed by atoms with Crippen LogP contribution in [0, 0.1) is 5.92 Å². The van der Waals surface area contributed by atoms with Gasteiger partial charge in [0.2, 0.25) is 15.9 Å². The van der Waals surface area contributed by atoms with Crippen molar-refractivity contribution in [1.29, 1.82) is 0 Å². The van der Waals surface area contributed by atoms with Crippen molar-refractivity contribution in [2.45, 2.75) is 39.2 Å². The minimum atomic E-state index is -3.34. The molecule has 22 heavy (non-hydrogen) atoms. The summed E-state index contributed by atoms with van der Waals surface area (Å²) >= 11 is 0. The Kier molecular flexibility index (Phi) is 5.24. The molecule has 1 aromatic rings. The van der Waals surface area contributed by atoms with Crippen LogP contribution in [0.3, 0.4) is 0 Å². The zero-order chi connectivity index (χ0) is 16.3. The molecule has 0 heterocycles. The third-order valence-corrected chi connectivity index (χ3v) is 5.58. The molecule has 0 radical (unpaired) electrons. The van der Waals surface area contributed by atoms with Crippen LogP contribution in [0.1, 0.15) is 50.3 Å². The molecule has 2 atom stereocenters. The molecular weight excluding hydrogens is 300 g/mol. The van der Waals surface area contributed by atoms with E-state index in [4.69, 9.17) is 0 Å². The molecule has 0 bridgehead atoms. The van der Waals surface area contributed by atoms with Crippen LogP contribution in [-0.4, -0.2) is 26.6 Å². The summed E-state index contributed by atoms with van der Waals surface area (Å²) in [5, 5.41) is 2.95. The summed E-state index contributed by atoms with van der Waals surface area (Å²) in [6.07, 6.45) is 0.864. The Labute approximate surface area is 132 Å². The van der Waals surface area contributed by atoms with Gasteiger partial charge >= 0.3 is 0 Å². The van der Waals surface area contributed by atoms with Crippen LogP contribution < -0.4 is 10.0 Å². The quantitative estimate of drug-likeness (QED) is 0.839. The highest BCUT2D eigenvalue weighted by molar-refractivity contribution is 7.89. The average Bonchev–Trinajstić information content (AvgIpc) is 2.85. The van der Waals surface area contributed by atoms with Gasteiger partial charge in [-0.15, -0.1) is 0 Å². The first-order valence-corrected chi connectivity index (χ1v) is 9.34. The highest BCUT2D eigenvalue weighted by Crippen LogP contribution is 2.43. The number of hydrogen-bond acceptors (Lipinski definition) is 3. The first kappa shape index (κ1) is 17.0. The zero-order valence-electron chi connectivity index (χ0n) is 13.3. The fraction of sp³-hybridized carbons (Fsp3) is 0.562. The van der Waals surface area contributed by atoms with Crippen LogP contribution in [0.15, 0.2) is 24.3 Å². The number of rotatable bonds is 6. The second kappa shape index (κ2) is 6.79. The van der Waals surface area contributed by atoms with Gasteiger partial charge < -0.3 is 5.32 Å². The maximum absolute atomic E-state index is 12.0. The fourth-order valence-corrected chi connectivity index (χ4v) is 3.52. The molecule has 1 amide bonds. The Hall–Kier alpha value is -1.40. The van der Waals surface area contributed by atoms with Gasteiger partial charge in [-0.05, 0) is 36.3 Å². The molecule has 0 saturated heterocycles. The predicted octanol–water partition coefficient (Wildman–Crippen LogP) is 1.93. The molecule has 0 aromatic heterocycles. The SMILES string of the molecule is CCS(=O)(=O)NCC(=O)N[C@@H]1C[C@H](C(C)C)c2ccccc21. The van der Waals surface area contributed by atoms with Gasteiger partial charge in [-0.1, -0.05) is 38.1 Å². The third kappa shape index (κ3) is 3.87. The molecular formula is C16H24N2O3S. The van der Waals surface area contributed by atoms with Crippen LogP contribution in [0.25, 0.3) is 0 Å². The molecule has 0 saturated carbocycles. The van der Waals surface area contributed by atoms with Crippen LogP contribution >= 0.6 is 0 Å². The first-order valence-electron chi connectivity index (χ1n) is 7.69. The van der Waals surface area contributed by atoms with E-state index < -0.39 is 10.0 Å². The molecule has 0 fully saturated rings. The average molecular weight is 324 g/mol. The molecule has 0 aliphatic heterocycles. The number of hydrogen-bond donors (Lipinski definition) is 2. The maximum atomic E-state index is 12.0. The number of carbonyl (C=O) groups excluding carboxylic acids is 1. The monoisotopic (exact) mass is 324 g/mol. The van der Waals surface area contributed by atoms with E-state index in [0.29, 0.717) is 11.8 Å².